The lowest BCUT2D eigenvalue weighted by Gasteiger charge is -2.24. The number of hydrogen-bond donors (Lipinski definition) is 1. The van der Waals surface area contributed by atoms with E-state index in [1.54, 1.807) is 7.11 Å². The van der Waals surface area contributed by atoms with Crippen LogP contribution >= 0.6 is 0 Å². The molecule has 1 N–H and O–H groups in total. The lowest BCUT2D eigenvalue weighted by Crippen LogP contribution is -2.24. The number of benzene rings is 2. The van der Waals surface area contributed by atoms with Gasteiger partial charge in [0, 0.05) is 44.8 Å². The summed E-state index contributed by atoms with van der Waals surface area (Å²) >= 11 is 0. The molecule has 0 bridgehead atoms. The first-order chi connectivity index (χ1) is 22.5. The van der Waals surface area contributed by atoms with Gasteiger partial charge in [0.25, 0.3) is 0 Å². The molecule has 10 heteroatoms. The molecule has 0 aliphatic heterocycles. The first kappa shape index (κ1) is 37.6. The van der Waals surface area contributed by atoms with Gasteiger partial charge in [-0.15, -0.1) is 0 Å². The summed E-state index contributed by atoms with van der Waals surface area (Å²) in [5.74, 6) is 4.05. The van der Waals surface area contributed by atoms with Crippen LogP contribution in [0.3, 0.4) is 0 Å². The minimum Gasteiger partial charge on any atom is -0.493 e. The van der Waals surface area contributed by atoms with Crippen LogP contribution in [-0.2, 0) is 34.7 Å². The van der Waals surface area contributed by atoms with Crippen molar-refractivity contribution in [3.63, 3.8) is 0 Å². The minimum absolute atomic E-state index is 0.178. The zero-order valence-corrected chi connectivity index (χ0v) is 32.1. The van der Waals surface area contributed by atoms with E-state index < -0.39 is 0 Å². The van der Waals surface area contributed by atoms with Gasteiger partial charge in [0.2, 0.25) is 0 Å². The maximum Gasteiger partial charge on any atom is 0.325 e. The van der Waals surface area contributed by atoms with Crippen LogP contribution in [0.15, 0.2) is 24.3 Å². The Bertz CT molecular complexity index is 1630. The molecule has 0 radical (unpaired) electrons. The summed E-state index contributed by atoms with van der Waals surface area (Å²) in [7, 11) is 1.62. The van der Waals surface area contributed by atoms with Crippen molar-refractivity contribution in [3.8, 4) is 29.3 Å². The molecule has 0 fully saturated rings. The molecule has 49 heavy (non-hydrogen) atoms. The summed E-state index contributed by atoms with van der Waals surface area (Å²) in [6.45, 7) is 28.5. The van der Waals surface area contributed by atoms with Gasteiger partial charge in [-0.2, -0.15) is 19.9 Å². The monoisotopic (exact) mass is 670 g/mol. The van der Waals surface area contributed by atoms with Crippen molar-refractivity contribution < 1.29 is 19.3 Å². The van der Waals surface area contributed by atoms with Crippen LogP contribution in [0.4, 0.5) is 0 Å². The third-order valence-corrected chi connectivity index (χ3v) is 7.73. The number of nitrogens with zero attached hydrogens (tertiary/aromatic N) is 6. The van der Waals surface area contributed by atoms with Gasteiger partial charge in [0.1, 0.15) is 29.0 Å². The number of aliphatic hydroxyl groups is 1. The average Bonchev–Trinajstić information content (AvgIpc) is 2.97. The van der Waals surface area contributed by atoms with Crippen molar-refractivity contribution >= 4 is 0 Å². The number of aryl methyl sites for hydroxylation is 2. The van der Waals surface area contributed by atoms with Crippen LogP contribution in [0.1, 0.15) is 134 Å². The van der Waals surface area contributed by atoms with Crippen molar-refractivity contribution in [2.24, 2.45) is 0 Å². The Kier molecular flexibility index (Phi) is 10.5. The van der Waals surface area contributed by atoms with Crippen LogP contribution in [0.5, 0.6) is 29.3 Å². The first-order valence-electron chi connectivity index (χ1n) is 16.8. The summed E-state index contributed by atoms with van der Waals surface area (Å²) in [4.78, 5) is 28.6. The van der Waals surface area contributed by atoms with Crippen LogP contribution in [-0.4, -0.2) is 42.1 Å². The smallest absolute Gasteiger partial charge is 0.325 e. The van der Waals surface area contributed by atoms with Crippen molar-refractivity contribution in [1.82, 2.24) is 29.9 Å². The Morgan fingerprint density at radius 2 is 0.857 bits per heavy atom. The molecule has 0 saturated heterocycles. The van der Waals surface area contributed by atoms with Crippen LogP contribution < -0.4 is 14.2 Å². The van der Waals surface area contributed by atoms with Crippen molar-refractivity contribution in [2.45, 2.75) is 132 Å². The standard InChI is InChI=1S/C39H54N6O4/c1-22-16-24(28(26(18-22)21-46)48-34-42-30(36(3,4)5)40-31(43-34)37(6,7)8)20-25-17-23(2)19-27(47-15)29(25)49-35-44-32(38(9,10)11)41-33(45-35)39(12,13)14/h16-19,46H,20-21H2,1-15H3. The molecule has 0 saturated carbocycles. The molecule has 264 valence electrons. The van der Waals surface area contributed by atoms with Gasteiger partial charge >= 0.3 is 12.0 Å². The number of aliphatic hydroxyl groups excluding tert-OH is 1. The van der Waals surface area contributed by atoms with E-state index in [0.717, 1.165) is 22.3 Å². The number of aromatic nitrogens is 6. The lowest BCUT2D eigenvalue weighted by molar-refractivity contribution is 0.274. The second-order valence-electron chi connectivity index (χ2n) is 16.9. The second kappa shape index (κ2) is 13.6. The van der Waals surface area contributed by atoms with Crippen molar-refractivity contribution in [2.75, 3.05) is 7.11 Å². The van der Waals surface area contributed by atoms with E-state index >= 15 is 0 Å². The largest absolute Gasteiger partial charge is 0.493 e. The van der Waals surface area contributed by atoms with Crippen LogP contribution in [0.25, 0.3) is 0 Å². The molecule has 2 aromatic carbocycles. The normalized spacial score (nSPS) is 12.7. The zero-order valence-electron chi connectivity index (χ0n) is 32.1. The summed E-state index contributed by atoms with van der Waals surface area (Å²) in [5, 5.41) is 10.5. The summed E-state index contributed by atoms with van der Waals surface area (Å²) < 4.78 is 19.0. The van der Waals surface area contributed by atoms with E-state index in [4.69, 9.17) is 44.1 Å². The molecular weight excluding hydrogens is 616 g/mol. The maximum atomic E-state index is 10.5. The van der Waals surface area contributed by atoms with E-state index in [-0.39, 0.29) is 40.3 Å². The molecule has 4 aromatic rings. The van der Waals surface area contributed by atoms with E-state index in [2.05, 4.69) is 89.2 Å². The Hall–Kier alpha value is -4.18. The first-order valence-corrected chi connectivity index (χ1v) is 16.8. The van der Waals surface area contributed by atoms with E-state index in [9.17, 15) is 5.11 Å². The van der Waals surface area contributed by atoms with Gasteiger partial charge < -0.3 is 19.3 Å². The van der Waals surface area contributed by atoms with Gasteiger partial charge in [-0.1, -0.05) is 107 Å². The molecule has 0 amide bonds. The highest BCUT2D eigenvalue weighted by atomic mass is 16.5. The van der Waals surface area contributed by atoms with Gasteiger partial charge in [-0.05, 0) is 25.5 Å². The average molecular weight is 671 g/mol. The number of ether oxygens (including phenoxy) is 3. The fraction of sp³-hybridized carbons (Fsp3) is 0.538. The Morgan fingerprint density at radius 1 is 0.510 bits per heavy atom. The summed E-state index contributed by atoms with van der Waals surface area (Å²) in [6, 6.07) is 8.31. The minimum atomic E-state index is -0.337. The van der Waals surface area contributed by atoms with E-state index in [1.165, 1.54) is 0 Å². The van der Waals surface area contributed by atoms with Crippen LogP contribution in [0, 0.1) is 13.8 Å². The van der Waals surface area contributed by atoms with Gasteiger partial charge in [-0.25, -0.2) is 9.97 Å². The molecule has 0 spiro atoms. The van der Waals surface area contributed by atoms with Crippen molar-refractivity contribution in [1.29, 1.82) is 0 Å². The fourth-order valence-electron chi connectivity index (χ4n) is 5.05. The van der Waals surface area contributed by atoms with Gasteiger partial charge in [-0.3, -0.25) is 0 Å². The molecular formula is C39H54N6O4. The highest BCUT2D eigenvalue weighted by Gasteiger charge is 2.29. The topological polar surface area (TPSA) is 125 Å². The fourth-order valence-corrected chi connectivity index (χ4v) is 5.05. The predicted molar refractivity (Wildman–Crippen MR) is 192 cm³/mol. The molecule has 0 atom stereocenters. The molecule has 2 heterocycles. The van der Waals surface area contributed by atoms with Gasteiger partial charge in [0.05, 0.1) is 13.7 Å². The number of rotatable bonds is 8. The second-order valence-corrected chi connectivity index (χ2v) is 16.9. The molecule has 2 aromatic heterocycles. The van der Waals surface area contributed by atoms with Crippen molar-refractivity contribution in [3.05, 3.63) is 75.4 Å². The quantitative estimate of drug-likeness (QED) is 0.195. The summed E-state index contributed by atoms with van der Waals surface area (Å²) in [6.07, 6.45) is 0.379. The third-order valence-electron chi connectivity index (χ3n) is 7.73. The molecule has 10 nitrogen and oxygen atoms in total. The maximum absolute atomic E-state index is 10.5. The van der Waals surface area contributed by atoms with E-state index in [0.29, 0.717) is 52.5 Å². The Morgan fingerprint density at radius 3 is 1.22 bits per heavy atom. The number of hydrogen-bond acceptors (Lipinski definition) is 10. The van der Waals surface area contributed by atoms with Gasteiger partial charge in [0.15, 0.2) is 11.5 Å². The molecule has 4 rings (SSSR count). The molecule has 0 aliphatic carbocycles. The molecule has 0 aliphatic rings. The highest BCUT2D eigenvalue weighted by Crippen LogP contribution is 2.40. The summed E-state index contributed by atoms with van der Waals surface area (Å²) in [5.41, 5.74) is 2.89. The van der Waals surface area contributed by atoms with E-state index in [1.807, 2.05) is 32.0 Å². The Labute approximate surface area is 292 Å². The predicted octanol–water partition coefficient (Wildman–Crippen LogP) is 8.54. The van der Waals surface area contributed by atoms with Crippen LogP contribution in [0.2, 0.25) is 0 Å². The number of methoxy groups -OCH3 is 1. The SMILES string of the molecule is COc1cc(C)cc(Cc2cc(C)cc(CO)c2Oc2nc(C(C)(C)C)nc(C(C)(C)C)n2)c1Oc1nc(C(C)(C)C)nc(C(C)(C)C)n1. The third kappa shape index (κ3) is 9.09. The Balaban J connectivity index is 1.89. The highest BCUT2D eigenvalue weighted by molar-refractivity contribution is 5.55. The lowest BCUT2D eigenvalue weighted by atomic mass is 9.93. The zero-order chi connectivity index (χ0) is 36.7. The molecule has 0 unspecified atom stereocenters.